The normalized spacial score (nSPS) is 21.5. The summed E-state index contributed by atoms with van der Waals surface area (Å²) in [5.74, 6) is 1.23. The number of anilines is 1. The third kappa shape index (κ3) is 1.70. The summed E-state index contributed by atoms with van der Waals surface area (Å²) in [7, 11) is 0. The Hall–Kier alpha value is -1.81. The van der Waals surface area contributed by atoms with E-state index < -0.39 is 5.72 Å². The third-order valence-corrected chi connectivity index (χ3v) is 2.90. The van der Waals surface area contributed by atoms with Crippen molar-refractivity contribution < 1.29 is 4.74 Å². The highest BCUT2D eigenvalue weighted by atomic mass is 35.5. The van der Waals surface area contributed by atoms with Crippen LogP contribution in [-0.2, 0) is 5.72 Å². The molecule has 5 heteroatoms. The van der Waals surface area contributed by atoms with Gasteiger partial charge >= 0.3 is 0 Å². The first-order valence-electron chi connectivity index (χ1n) is 5.23. The van der Waals surface area contributed by atoms with Gasteiger partial charge in [-0.1, -0.05) is 30.3 Å². The zero-order valence-electron chi connectivity index (χ0n) is 9.14. The molecule has 4 nitrogen and oxygen atoms in total. The van der Waals surface area contributed by atoms with E-state index in [1.54, 1.807) is 6.20 Å². The number of halogens is 1. The molecule has 0 bridgehead atoms. The minimum atomic E-state index is -0.622. The number of aromatic nitrogens is 2. The molecule has 0 radical (unpaired) electrons. The van der Waals surface area contributed by atoms with Crippen molar-refractivity contribution in [2.75, 3.05) is 5.32 Å². The number of nitrogens with one attached hydrogen (secondary N) is 1. The molecule has 17 heavy (non-hydrogen) atoms. The summed E-state index contributed by atoms with van der Waals surface area (Å²) in [5, 5.41) is 3.42. The summed E-state index contributed by atoms with van der Waals surface area (Å²) in [5.41, 5.74) is 0.400. The molecule has 1 N–H and O–H groups in total. The Morgan fingerprint density at radius 3 is 2.82 bits per heavy atom. The van der Waals surface area contributed by atoms with Crippen LogP contribution < -0.4 is 10.1 Å². The lowest BCUT2D eigenvalue weighted by molar-refractivity contribution is 0.140. The molecule has 1 aromatic heterocycles. The number of hydrogen-bond donors (Lipinski definition) is 1. The highest BCUT2D eigenvalue weighted by molar-refractivity contribution is 6.28. The van der Waals surface area contributed by atoms with Gasteiger partial charge in [0.1, 0.15) is 0 Å². The number of fused-ring (bicyclic) bond motifs is 1. The Labute approximate surface area is 104 Å². The van der Waals surface area contributed by atoms with Gasteiger partial charge in [-0.25, -0.2) is 4.98 Å². The fraction of sp³-hybridized carbons (Fsp3) is 0.167. The fourth-order valence-corrected chi connectivity index (χ4v) is 2.01. The van der Waals surface area contributed by atoms with Crippen LogP contribution in [0.4, 0.5) is 5.82 Å². The van der Waals surface area contributed by atoms with Crippen molar-refractivity contribution >= 4 is 17.4 Å². The van der Waals surface area contributed by atoms with E-state index in [0.29, 0.717) is 11.6 Å². The van der Waals surface area contributed by atoms with Gasteiger partial charge in [0.2, 0.25) is 11.0 Å². The summed E-state index contributed by atoms with van der Waals surface area (Å²) in [6.45, 7) is 1.94. The molecule has 0 aliphatic carbocycles. The summed E-state index contributed by atoms with van der Waals surface area (Å²) < 4.78 is 5.84. The monoisotopic (exact) mass is 247 g/mol. The Morgan fingerprint density at radius 1 is 1.29 bits per heavy atom. The first-order chi connectivity index (χ1) is 8.17. The van der Waals surface area contributed by atoms with E-state index in [1.807, 2.05) is 37.3 Å². The molecule has 0 saturated heterocycles. The lowest BCUT2D eigenvalue weighted by atomic mass is 10.1. The number of rotatable bonds is 1. The van der Waals surface area contributed by atoms with Crippen LogP contribution >= 0.6 is 11.6 Å². The number of nitrogens with zero attached hydrogens (tertiary/aromatic N) is 2. The quantitative estimate of drug-likeness (QED) is 0.788. The van der Waals surface area contributed by atoms with E-state index in [-0.39, 0.29) is 5.28 Å². The van der Waals surface area contributed by atoms with Crippen LogP contribution in [0, 0.1) is 0 Å². The van der Waals surface area contributed by atoms with E-state index >= 15 is 0 Å². The minimum Gasteiger partial charge on any atom is -0.459 e. The molecule has 0 fully saturated rings. The number of ether oxygens (including phenoxy) is 1. The molecule has 1 aliphatic rings. The van der Waals surface area contributed by atoms with Gasteiger partial charge in [0.05, 0.1) is 6.20 Å². The van der Waals surface area contributed by atoms with Crippen molar-refractivity contribution in [3.63, 3.8) is 0 Å². The topological polar surface area (TPSA) is 47.0 Å². The van der Waals surface area contributed by atoms with Gasteiger partial charge in [-0.2, -0.15) is 4.98 Å². The van der Waals surface area contributed by atoms with Crippen LogP contribution in [0.15, 0.2) is 36.5 Å². The maximum Gasteiger partial charge on any atom is 0.224 e. The van der Waals surface area contributed by atoms with Crippen molar-refractivity contribution in [2.24, 2.45) is 0 Å². The van der Waals surface area contributed by atoms with Gasteiger partial charge < -0.3 is 10.1 Å². The van der Waals surface area contributed by atoms with E-state index in [4.69, 9.17) is 16.3 Å². The van der Waals surface area contributed by atoms with E-state index in [1.165, 1.54) is 0 Å². The van der Waals surface area contributed by atoms with E-state index in [9.17, 15) is 0 Å². The van der Waals surface area contributed by atoms with E-state index in [2.05, 4.69) is 15.3 Å². The fourth-order valence-electron chi connectivity index (χ4n) is 1.87. The highest BCUT2D eigenvalue weighted by Gasteiger charge is 2.37. The molecule has 1 aromatic carbocycles. The highest BCUT2D eigenvalue weighted by Crippen LogP contribution is 2.39. The number of benzene rings is 1. The smallest absolute Gasteiger partial charge is 0.224 e. The molecule has 1 unspecified atom stereocenters. The van der Waals surface area contributed by atoms with Crippen LogP contribution in [0.2, 0.25) is 5.28 Å². The second-order valence-corrected chi connectivity index (χ2v) is 4.32. The van der Waals surface area contributed by atoms with Gasteiger partial charge in [0.15, 0.2) is 11.6 Å². The summed E-state index contributed by atoms with van der Waals surface area (Å²) in [6.07, 6.45) is 1.58. The molecule has 2 aromatic rings. The molecular weight excluding hydrogens is 238 g/mol. The van der Waals surface area contributed by atoms with Gasteiger partial charge in [-0.05, 0) is 18.5 Å². The predicted octanol–water partition coefficient (Wildman–Crippen LogP) is 2.81. The Morgan fingerprint density at radius 2 is 2.06 bits per heavy atom. The van der Waals surface area contributed by atoms with Crippen LogP contribution in [0.25, 0.3) is 0 Å². The van der Waals surface area contributed by atoms with Crippen molar-refractivity contribution in [3.05, 3.63) is 47.4 Å². The predicted molar refractivity (Wildman–Crippen MR) is 65.1 cm³/mol. The first-order valence-corrected chi connectivity index (χ1v) is 5.60. The van der Waals surface area contributed by atoms with Gasteiger partial charge in [0, 0.05) is 5.56 Å². The molecule has 3 rings (SSSR count). The molecule has 86 valence electrons. The summed E-state index contributed by atoms with van der Waals surface area (Å²) >= 11 is 5.74. The Bertz CT molecular complexity index is 561. The van der Waals surface area contributed by atoms with Crippen LogP contribution in [0.1, 0.15) is 12.5 Å². The van der Waals surface area contributed by atoms with Crippen molar-refractivity contribution in [3.8, 4) is 5.75 Å². The van der Waals surface area contributed by atoms with Crippen LogP contribution in [0.5, 0.6) is 5.75 Å². The molecule has 0 spiro atoms. The minimum absolute atomic E-state index is 0.206. The van der Waals surface area contributed by atoms with Crippen molar-refractivity contribution in [2.45, 2.75) is 12.6 Å². The lowest BCUT2D eigenvalue weighted by Crippen LogP contribution is -2.33. The standard InChI is InChI=1S/C12H10ClN3O/c1-12(8-5-3-2-4-6-8)16-10-9(17-12)7-14-11(13)15-10/h2-7H,1H3,(H,14,15,16). The number of hydrogen-bond acceptors (Lipinski definition) is 4. The molecule has 0 saturated carbocycles. The maximum absolute atomic E-state index is 5.84. The molecule has 2 heterocycles. The largest absolute Gasteiger partial charge is 0.459 e. The SMILES string of the molecule is CC1(c2ccccc2)Nc2nc(Cl)ncc2O1. The maximum atomic E-state index is 5.84. The zero-order chi connectivity index (χ0) is 11.9. The average molecular weight is 248 g/mol. The second kappa shape index (κ2) is 3.60. The van der Waals surface area contributed by atoms with Gasteiger partial charge in [0.25, 0.3) is 0 Å². The first kappa shape index (κ1) is 10.4. The van der Waals surface area contributed by atoms with Crippen LogP contribution in [-0.4, -0.2) is 9.97 Å². The van der Waals surface area contributed by atoms with Crippen LogP contribution in [0.3, 0.4) is 0 Å². The molecule has 0 amide bonds. The average Bonchev–Trinajstić information content (AvgIpc) is 2.67. The van der Waals surface area contributed by atoms with Gasteiger partial charge in [-0.15, -0.1) is 0 Å². The van der Waals surface area contributed by atoms with E-state index in [0.717, 1.165) is 5.56 Å². The Balaban J connectivity index is 2.00. The zero-order valence-corrected chi connectivity index (χ0v) is 9.90. The van der Waals surface area contributed by atoms with Crippen molar-refractivity contribution in [1.29, 1.82) is 0 Å². The summed E-state index contributed by atoms with van der Waals surface area (Å²) in [4.78, 5) is 7.99. The molecule has 1 atom stereocenters. The Kier molecular flexibility index (Phi) is 2.19. The molecule has 1 aliphatic heterocycles. The van der Waals surface area contributed by atoms with Gasteiger partial charge in [-0.3, -0.25) is 0 Å². The summed E-state index contributed by atoms with van der Waals surface area (Å²) in [6, 6.07) is 9.88. The van der Waals surface area contributed by atoms with Crippen molar-refractivity contribution in [1.82, 2.24) is 9.97 Å². The second-order valence-electron chi connectivity index (χ2n) is 3.98. The molecular formula is C12H10ClN3O. The lowest BCUT2D eigenvalue weighted by Gasteiger charge is -2.24. The third-order valence-electron chi connectivity index (χ3n) is 2.72.